The fourth-order valence-corrected chi connectivity index (χ4v) is 3.17. The van der Waals surface area contributed by atoms with Gasteiger partial charge in [-0.1, -0.05) is 0 Å². The second-order valence-corrected chi connectivity index (χ2v) is 7.81. The Hall–Kier alpha value is -1.75. The number of rotatable bonds is 3. The first-order valence-corrected chi connectivity index (χ1v) is 8.07. The van der Waals surface area contributed by atoms with E-state index in [2.05, 4.69) is 5.43 Å². The van der Waals surface area contributed by atoms with Gasteiger partial charge in [0.15, 0.2) is 0 Å². The van der Waals surface area contributed by atoms with Crippen LogP contribution in [0.2, 0.25) is 0 Å². The first-order valence-electron chi connectivity index (χ1n) is 8.07. The number of fused-ring (bicyclic) bond motifs is 1. The lowest BCUT2D eigenvalue weighted by Crippen LogP contribution is -2.53. The van der Waals surface area contributed by atoms with Crippen LogP contribution in [0.1, 0.15) is 42.0 Å². The van der Waals surface area contributed by atoms with Crippen molar-refractivity contribution in [1.29, 1.82) is 0 Å². The molecule has 1 unspecified atom stereocenters. The molecule has 0 saturated heterocycles. The quantitative estimate of drug-likeness (QED) is 0.664. The number of phenols is 1. The van der Waals surface area contributed by atoms with Gasteiger partial charge >= 0.3 is 0 Å². The maximum atomic E-state index is 12.3. The van der Waals surface area contributed by atoms with E-state index in [4.69, 9.17) is 4.74 Å². The van der Waals surface area contributed by atoms with Crippen molar-refractivity contribution in [3.8, 4) is 11.5 Å². The van der Waals surface area contributed by atoms with Gasteiger partial charge in [-0.15, -0.1) is 0 Å². The third-order valence-corrected chi connectivity index (χ3v) is 4.59. The van der Waals surface area contributed by atoms with E-state index in [0.717, 1.165) is 40.8 Å². The molecular formula is C18H29N2O3+. The molecule has 23 heavy (non-hydrogen) atoms. The Balaban J connectivity index is 2.27. The molecule has 1 aliphatic heterocycles. The van der Waals surface area contributed by atoms with Crippen LogP contribution in [0, 0.1) is 20.8 Å². The summed E-state index contributed by atoms with van der Waals surface area (Å²) in [7, 11) is 5.74. The summed E-state index contributed by atoms with van der Waals surface area (Å²) >= 11 is 0. The lowest BCUT2D eigenvalue weighted by Gasteiger charge is -2.38. The summed E-state index contributed by atoms with van der Waals surface area (Å²) in [5.41, 5.74) is 6.18. The van der Waals surface area contributed by atoms with Gasteiger partial charge in [0, 0.05) is 5.56 Å². The largest absolute Gasteiger partial charge is 0.507 e. The molecule has 1 atom stereocenters. The molecule has 1 aliphatic rings. The molecule has 0 aliphatic carbocycles. The summed E-state index contributed by atoms with van der Waals surface area (Å²) in [6.07, 6.45) is 1.89. The number of hydrogen-bond donors (Lipinski definition) is 2. The van der Waals surface area contributed by atoms with E-state index in [-0.39, 0.29) is 5.91 Å². The Morgan fingerprint density at radius 1 is 1.22 bits per heavy atom. The number of carbonyl (C=O) groups is 1. The summed E-state index contributed by atoms with van der Waals surface area (Å²) in [5.74, 6) is 1.18. The van der Waals surface area contributed by atoms with Crippen molar-refractivity contribution in [3.05, 3.63) is 22.3 Å². The molecular weight excluding hydrogens is 292 g/mol. The van der Waals surface area contributed by atoms with Gasteiger partial charge in [0.2, 0.25) is 0 Å². The predicted octanol–water partition coefficient (Wildman–Crippen LogP) is 2.53. The van der Waals surface area contributed by atoms with Crippen molar-refractivity contribution in [3.63, 3.8) is 0 Å². The first-order chi connectivity index (χ1) is 10.4. The number of ether oxygens (including phenoxy) is 1. The second-order valence-electron chi connectivity index (χ2n) is 7.81. The molecule has 0 radical (unpaired) electrons. The number of nitrogens with zero attached hydrogens (tertiary/aromatic N) is 1. The third kappa shape index (κ3) is 3.61. The van der Waals surface area contributed by atoms with Gasteiger partial charge in [-0.3, -0.25) is 4.79 Å². The van der Waals surface area contributed by atoms with Crippen molar-refractivity contribution in [2.24, 2.45) is 0 Å². The maximum absolute atomic E-state index is 12.3. The Bertz CT molecular complexity index is 647. The van der Waals surface area contributed by atoms with Crippen LogP contribution in [0.25, 0.3) is 0 Å². The zero-order chi connectivity index (χ0) is 17.6. The van der Waals surface area contributed by atoms with Crippen LogP contribution >= 0.6 is 0 Å². The Labute approximate surface area is 138 Å². The fraction of sp³-hybridized carbons (Fsp3) is 0.611. The van der Waals surface area contributed by atoms with Gasteiger partial charge in [0.1, 0.15) is 17.1 Å². The van der Waals surface area contributed by atoms with Crippen LogP contribution in [0.5, 0.6) is 11.5 Å². The smallest absolute Gasteiger partial charge is 0.268 e. The van der Waals surface area contributed by atoms with Crippen LogP contribution in [0.3, 0.4) is 0 Å². The van der Waals surface area contributed by atoms with E-state index in [1.54, 1.807) is 0 Å². The summed E-state index contributed by atoms with van der Waals surface area (Å²) in [5, 5.41) is 10.2. The number of benzene rings is 1. The molecule has 0 bridgehead atoms. The average molecular weight is 321 g/mol. The molecule has 2 rings (SSSR count). The predicted molar refractivity (Wildman–Crippen MR) is 90.5 cm³/mol. The first kappa shape index (κ1) is 17.6. The van der Waals surface area contributed by atoms with Crippen molar-refractivity contribution in [1.82, 2.24) is 5.43 Å². The number of aromatic hydroxyl groups is 1. The summed E-state index contributed by atoms with van der Waals surface area (Å²) in [6.45, 7) is 7.78. The van der Waals surface area contributed by atoms with Crippen molar-refractivity contribution >= 4 is 5.91 Å². The highest BCUT2D eigenvalue weighted by atomic mass is 16.5. The minimum absolute atomic E-state index is 0.0201. The maximum Gasteiger partial charge on any atom is 0.268 e. The Morgan fingerprint density at radius 3 is 2.39 bits per heavy atom. The molecule has 1 heterocycles. The van der Waals surface area contributed by atoms with Crippen LogP contribution in [-0.2, 0) is 11.2 Å². The molecule has 1 aromatic carbocycles. The highest BCUT2D eigenvalue weighted by Crippen LogP contribution is 2.43. The van der Waals surface area contributed by atoms with Crippen molar-refractivity contribution in [2.75, 3.05) is 21.1 Å². The van der Waals surface area contributed by atoms with Gasteiger partial charge in [-0.2, -0.15) is 0 Å². The molecule has 0 saturated carbocycles. The Morgan fingerprint density at radius 2 is 1.83 bits per heavy atom. The zero-order valence-corrected chi connectivity index (χ0v) is 15.3. The lowest BCUT2D eigenvalue weighted by atomic mass is 9.85. The van der Waals surface area contributed by atoms with Gasteiger partial charge in [0.05, 0.1) is 27.6 Å². The van der Waals surface area contributed by atoms with Gasteiger partial charge in [0.25, 0.3) is 5.91 Å². The normalized spacial score (nSPS) is 20.7. The van der Waals surface area contributed by atoms with Crippen LogP contribution in [0.4, 0.5) is 0 Å². The number of amides is 1. The minimum Gasteiger partial charge on any atom is -0.507 e. The summed E-state index contributed by atoms with van der Waals surface area (Å²) < 4.78 is 6.66. The monoisotopic (exact) mass is 321 g/mol. The van der Waals surface area contributed by atoms with Crippen molar-refractivity contribution < 1.29 is 19.2 Å². The van der Waals surface area contributed by atoms with E-state index < -0.39 is 5.60 Å². The topological polar surface area (TPSA) is 58.6 Å². The molecule has 0 fully saturated rings. The number of nitrogens with one attached hydrogen (secondary N) is 1. The molecule has 5 heteroatoms. The highest BCUT2D eigenvalue weighted by Gasteiger charge is 2.37. The third-order valence-electron chi connectivity index (χ3n) is 4.59. The standard InChI is InChI=1S/C18H28N2O3/c1-11-12(2)17-14(13(3)16(11)22)8-9-18(4,23-17)10-15(21)19-20(5,6)7/h8-10H2,1-7H3,(H-,19,21,22)/p+1. The summed E-state index contributed by atoms with van der Waals surface area (Å²) in [4.78, 5) is 12.3. The zero-order valence-electron chi connectivity index (χ0n) is 15.3. The van der Waals surface area contributed by atoms with Gasteiger partial charge < -0.3 is 9.84 Å². The molecule has 1 amide bonds. The number of hydrogen-bond acceptors (Lipinski definition) is 3. The van der Waals surface area contributed by atoms with Gasteiger partial charge in [-0.25, -0.2) is 10.0 Å². The van der Waals surface area contributed by atoms with E-state index in [1.165, 1.54) is 0 Å². The number of quaternary nitrogens is 1. The molecule has 1 aromatic rings. The lowest BCUT2D eigenvalue weighted by molar-refractivity contribution is -0.906. The minimum atomic E-state index is -0.521. The molecule has 2 N–H and O–H groups in total. The van der Waals surface area contributed by atoms with Gasteiger partial charge in [-0.05, 0) is 57.2 Å². The molecule has 5 nitrogen and oxygen atoms in total. The van der Waals surface area contributed by atoms with Crippen LogP contribution in [-0.4, -0.2) is 42.3 Å². The van der Waals surface area contributed by atoms with E-state index in [9.17, 15) is 9.90 Å². The average Bonchev–Trinajstić information content (AvgIpc) is 2.40. The molecule has 0 spiro atoms. The van der Waals surface area contributed by atoms with Crippen LogP contribution < -0.4 is 10.2 Å². The number of carbonyl (C=O) groups excluding carboxylic acids is 1. The Kier molecular flexibility index (Phi) is 4.37. The molecule has 0 aromatic heterocycles. The summed E-state index contributed by atoms with van der Waals surface area (Å²) in [6, 6.07) is 0. The van der Waals surface area contributed by atoms with E-state index in [0.29, 0.717) is 16.8 Å². The highest BCUT2D eigenvalue weighted by molar-refractivity contribution is 5.76. The second kappa shape index (κ2) is 5.71. The van der Waals surface area contributed by atoms with E-state index >= 15 is 0 Å². The van der Waals surface area contributed by atoms with Crippen molar-refractivity contribution in [2.45, 2.75) is 52.6 Å². The SMILES string of the molecule is Cc1c(C)c2c(c(C)c1O)CCC(C)(CC(=O)N[N+](C)(C)C)O2. The fourth-order valence-electron chi connectivity index (χ4n) is 3.17. The van der Waals surface area contributed by atoms with E-state index in [1.807, 2.05) is 48.8 Å². The number of phenolic OH excluding ortho intramolecular Hbond substituents is 1. The van der Waals surface area contributed by atoms with Crippen LogP contribution in [0.15, 0.2) is 0 Å². The molecule has 128 valence electrons.